The number of likely N-dealkylation sites (N-methyl/N-ethyl adjacent to an activating group) is 1. The maximum absolute atomic E-state index is 11.5. The van der Waals surface area contributed by atoms with Crippen molar-refractivity contribution in [3.8, 4) is 0 Å². The van der Waals surface area contributed by atoms with Crippen molar-refractivity contribution in [1.82, 2.24) is 4.90 Å². The quantitative estimate of drug-likeness (QED) is 0.674. The molecular formula is C9H19NO2. The molecule has 2 atom stereocenters. The normalized spacial score (nSPS) is 16.7. The van der Waals surface area contributed by atoms with Gasteiger partial charge < -0.3 is 5.11 Å². The molecule has 0 aromatic carbocycles. The number of rotatable bonds is 4. The summed E-state index contributed by atoms with van der Waals surface area (Å²) in [7, 11) is 3.61. The zero-order valence-corrected chi connectivity index (χ0v) is 8.53. The minimum Gasteiger partial charge on any atom is -0.391 e. The maximum atomic E-state index is 11.5. The van der Waals surface area contributed by atoms with Gasteiger partial charge in [-0.15, -0.1) is 0 Å². The highest BCUT2D eigenvalue weighted by molar-refractivity contribution is 5.86. The third-order valence-electron chi connectivity index (χ3n) is 1.87. The molecule has 0 spiro atoms. The molecule has 0 aliphatic heterocycles. The van der Waals surface area contributed by atoms with E-state index in [9.17, 15) is 9.90 Å². The summed E-state index contributed by atoms with van der Waals surface area (Å²) < 4.78 is 0. The molecular weight excluding hydrogens is 154 g/mol. The molecule has 0 saturated heterocycles. The predicted molar refractivity (Wildman–Crippen MR) is 49.0 cm³/mol. The number of aliphatic hydroxyl groups excluding tert-OH is 1. The Morgan fingerprint density at radius 1 is 1.25 bits per heavy atom. The van der Waals surface area contributed by atoms with E-state index >= 15 is 0 Å². The average Bonchev–Trinajstić information content (AvgIpc) is 1.85. The molecule has 0 saturated carbocycles. The molecule has 0 aromatic heterocycles. The summed E-state index contributed by atoms with van der Waals surface area (Å²) in [5.74, 6) is 0.0713. The SMILES string of the molecule is CC(C)C(=O)[C@H]([C@@H](C)O)N(C)C. The van der Waals surface area contributed by atoms with E-state index in [2.05, 4.69) is 0 Å². The molecule has 0 radical (unpaired) electrons. The lowest BCUT2D eigenvalue weighted by Crippen LogP contribution is -2.45. The number of aliphatic hydroxyl groups is 1. The van der Waals surface area contributed by atoms with Crippen LogP contribution in [0, 0.1) is 5.92 Å². The Kier molecular flexibility index (Phi) is 4.42. The van der Waals surface area contributed by atoms with Gasteiger partial charge in [-0.25, -0.2) is 0 Å². The number of carbonyl (C=O) groups is 1. The smallest absolute Gasteiger partial charge is 0.155 e. The van der Waals surface area contributed by atoms with Gasteiger partial charge in [0.2, 0.25) is 0 Å². The number of hydrogen-bond donors (Lipinski definition) is 1. The van der Waals surface area contributed by atoms with Gasteiger partial charge >= 0.3 is 0 Å². The Morgan fingerprint density at radius 3 is 1.75 bits per heavy atom. The van der Waals surface area contributed by atoms with Gasteiger partial charge in [-0.2, -0.15) is 0 Å². The number of ketones is 1. The van der Waals surface area contributed by atoms with Gasteiger partial charge in [-0.05, 0) is 21.0 Å². The van der Waals surface area contributed by atoms with E-state index < -0.39 is 6.10 Å². The first-order chi connectivity index (χ1) is 5.37. The highest BCUT2D eigenvalue weighted by atomic mass is 16.3. The van der Waals surface area contributed by atoms with Gasteiger partial charge in [0.15, 0.2) is 5.78 Å². The molecule has 0 fully saturated rings. The second-order valence-corrected chi connectivity index (χ2v) is 3.71. The first-order valence-corrected chi connectivity index (χ1v) is 4.26. The largest absolute Gasteiger partial charge is 0.391 e. The summed E-state index contributed by atoms with van der Waals surface area (Å²) in [5.41, 5.74) is 0. The van der Waals surface area contributed by atoms with Crippen molar-refractivity contribution in [3.63, 3.8) is 0 Å². The summed E-state index contributed by atoms with van der Waals surface area (Å²) in [6, 6.07) is -0.370. The first-order valence-electron chi connectivity index (χ1n) is 4.26. The summed E-state index contributed by atoms with van der Waals surface area (Å²) in [6.07, 6.45) is -0.602. The zero-order chi connectivity index (χ0) is 9.89. The third kappa shape index (κ3) is 2.91. The maximum Gasteiger partial charge on any atom is 0.155 e. The lowest BCUT2D eigenvalue weighted by molar-refractivity contribution is -0.129. The molecule has 12 heavy (non-hydrogen) atoms. The third-order valence-corrected chi connectivity index (χ3v) is 1.87. The van der Waals surface area contributed by atoms with E-state index in [-0.39, 0.29) is 17.7 Å². The molecule has 0 heterocycles. The van der Waals surface area contributed by atoms with Gasteiger partial charge in [-0.3, -0.25) is 9.69 Å². The lowest BCUT2D eigenvalue weighted by Gasteiger charge is -2.26. The molecule has 3 heteroatoms. The Hall–Kier alpha value is -0.410. The lowest BCUT2D eigenvalue weighted by atomic mass is 9.97. The van der Waals surface area contributed by atoms with Crippen molar-refractivity contribution in [2.45, 2.75) is 32.9 Å². The van der Waals surface area contributed by atoms with E-state index in [1.807, 2.05) is 13.8 Å². The number of hydrogen-bond acceptors (Lipinski definition) is 3. The number of Topliss-reactive ketones (excluding diaryl/α,β-unsaturated/α-hetero) is 1. The highest BCUT2D eigenvalue weighted by Crippen LogP contribution is 2.08. The summed E-state index contributed by atoms with van der Waals surface area (Å²) in [6.45, 7) is 5.34. The van der Waals surface area contributed by atoms with Crippen LogP contribution in [0.4, 0.5) is 0 Å². The van der Waals surface area contributed by atoms with E-state index in [4.69, 9.17) is 0 Å². The van der Waals surface area contributed by atoms with Crippen LogP contribution in [0.1, 0.15) is 20.8 Å². The van der Waals surface area contributed by atoms with Gasteiger partial charge in [-0.1, -0.05) is 13.8 Å². The van der Waals surface area contributed by atoms with Crippen molar-refractivity contribution in [1.29, 1.82) is 0 Å². The molecule has 0 rings (SSSR count). The van der Waals surface area contributed by atoms with Crippen LogP contribution in [-0.4, -0.2) is 42.0 Å². The molecule has 1 N–H and O–H groups in total. The number of nitrogens with zero attached hydrogens (tertiary/aromatic N) is 1. The summed E-state index contributed by atoms with van der Waals surface area (Å²) in [5, 5.41) is 9.34. The summed E-state index contributed by atoms with van der Waals surface area (Å²) in [4.78, 5) is 13.3. The molecule has 72 valence electrons. The second kappa shape index (κ2) is 4.58. The number of carbonyl (C=O) groups excluding carboxylic acids is 1. The second-order valence-electron chi connectivity index (χ2n) is 3.71. The van der Waals surface area contributed by atoms with Crippen LogP contribution >= 0.6 is 0 Å². The standard InChI is InChI=1S/C9H19NO2/c1-6(2)9(12)8(7(3)11)10(4)5/h6-8,11H,1-5H3/t7-,8+/m1/s1. The van der Waals surface area contributed by atoms with Gasteiger partial charge in [0.1, 0.15) is 0 Å². The van der Waals surface area contributed by atoms with Crippen molar-refractivity contribution < 1.29 is 9.90 Å². The Morgan fingerprint density at radius 2 is 1.67 bits per heavy atom. The van der Waals surface area contributed by atoms with Crippen LogP contribution in [0.2, 0.25) is 0 Å². The Labute approximate surface area is 74.4 Å². The first kappa shape index (κ1) is 11.6. The fourth-order valence-corrected chi connectivity index (χ4v) is 1.27. The monoisotopic (exact) mass is 173 g/mol. The van der Waals surface area contributed by atoms with Gasteiger partial charge in [0, 0.05) is 5.92 Å². The van der Waals surface area contributed by atoms with Crippen LogP contribution in [0.3, 0.4) is 0 Å². The predicted octanol–water partition coefficient (Wildman–Crippen LogP) is 0.522. The van der Waals surface area contributed by atoms with Crippen molar-refractivity contribution in [2.24, 2.45) is 5.92 Å². The zero-order valence-electron chi connectivity index (χ0n) is 8.53. The van der Waals surface area contributed by atoms with E-state index in [1.165, 1.54) is 0 Å². The van der Waals surface area contributed by atoms with E-state index in [0.29, 0.717) is 0 Å². The molecule has 0 aromatic rings. The molecule has 0 aliphatic carbocycles. The van der Waals surface area contributed by atoms with Gasteiger partial charge in [0.25, 0.3) is 0 Å². The van der Waals surface area contributed by atoms with Gasteiger partial charge in [0.05, 0.1) is 12.1 Å². The minimum atomic E-state index is -0.602. The molecule has 0 aliphatic rings. The fraction of sp³-hybridized carbons (Fsp3) is 0.889. The van der Waals surface area contributed by atoms with E-state index in [1.54, 1.807) is 25.9 Å². The van der Waals surface area contributed by atoms with Crippen molar-refractivity contribution >= 4 is 5.78 Å². The van der Waals surface area contributed by atoms with Crippen LogP contribution < -0.4 is 0 Å². The molecule has 0 amide bonds. The molecule has 3 nitrogen and oxygen atoms in total. The van der Waals surface area contributed by atoms with Crippen molar-refractivity contribution in [2.75, 3.05) is 14.1 Å². The highest BCUT2D eigenvalue weighted by Gasteiger charge is 2.27. The topological polar surface area (TPSA) is 40.5 Å². The fourth-order valence-electron chi connectivity index (χ4n) is 1.27. The Balaban J connectivity index is 4.41. The minimum absolute atomic E-state index is 0.0213. The van der Waals surface area contributed by atoms with Crippen LogP contribution in [-0.2, 0) is 4.79 Å². The van der Waals surface area contributed by atoms with Crippen LogP contribution in [0.5, 0.6) is 0 Å². The average molecular weight is 173 g/mol. The summed E-state index contributed by atoms with van der Waals surface area (Å²) >= 11 is 0. The Bertz CT molecular complexity index is 145. The van der Waals surface area contributed by atoms with Crippen LogP contribution in [0.25, 0.3) is 0 Å². The van der Waals surface area contributed by atoms with E-state index in [0.717, 1.165) is 0 Å². The molecule has 0 unspecified atom stereocenters. The molecule has 0 bridgehead atoms. The van der Waals surface area contributed by atoms with Crippen molar-refractivity contribution in [3.05, 3.63) is 0 Å². The van der Waals surface area contributed by atoms with Crippen LogP contribution in [0.15, 0.2) is 0 Å².